The van der Waals surface area contributed by atoms with Crippen LogP contribution in [0.2, 0.25) is 0 Å². The van der Waals surface area contributed by atoms with Crippen LogP contribution in [0.3, 0.4) is 0 Å². The summed E-state index contributed by atoms with van der Waals surface area (Å²) in [5.74, 6) is -1.37. The van der Waals surface area contributed by atoms with Crippen molar-refractivity contribution in [2.24, 2.45) is 5.41 Å². The van der Waals surface area contributed by atoms with Gasteiger partial charge in [-0.2, -0.15) is 0 Å². The monoisotopic (exact) mass is 330 g/mol. The molecular weight excluding hydrogens is 300 g/mol. The number of nitrogens with zero attached hydrogens (tertiary/aromatic N) is 2. The van der Waals surface area contributed by atoms with Crippen molar-refractivity contribution in [3.05, 3.63) is 0 Å². The van der Waals surface area contributed by atoms with Gasteiger partial charge >= 0.3 is 12.2 Å². The lowest BCUT2D eigenvalue weighted by molar-refractivity contribution is -0.164. The molecule has 1 unspecified atom stereocenters. The van der Waals surface area contributed by atoms with E-state index in [-0.39, 0.29) is 0 Å². The molecule has 8 nitrogen and oxygen atoms in total. The Balaban J connectivity index is 3.59. The minimum Gasteiger partial charge on any atom is -0.465 e. The number of amides is 2. The van der Waals surface area contributed by atoms with Crippen molar-refractivity contribution in [2.45, 2.75) is 52.9 Å². The molecule has 0 bridgehead atoms. The van der Waals surface area contributed by atoms with Gasteiger partial charge in [0.2, 0.25) is 0 Å². The Bertz CT molecular complexity index is 449. The Hall–Kier alpha value is -1.54. The highest BCUT2D eigenvalue weighted by atomic mass is 16.4. The first-order valence-electron chi connectivity index (χ1n) is 7.84. The zero-order valence-electron chi connectivity index (χ0n) is 14.9. The van der Waals surface area contributed by atoms with Gasteiger partial charge in [0.05, 0.1) is 0 Å². The van der Waals surface area contributed by atoms with Crippen LogP contribution in [0.15, 0.2) is 0 Å². The number of nitrogens with one attached hydrogen (secondary N) is 2. The molecule has 2 amide bonds. The van der Waals surface area contributed by atoms with Crippen molar-refractivity contribution in [1.82, 2.24) is 20.4 Å². The van der Waals surface area contributed by atoms with E-state index in [9.17, 15) is 19.8 Å². The van der Waals surface area contributed by atoms with Crippen LogP contribution in [-0.2, 0) is 0 Å². The highest BCUT2D eigenvalue weighted by Crippen LogP contribution is 2.40. The van der Waals surface area contributed by atoms with E-state index < -0.39 is 28.9 Å². The Kier molecular flexibility index (Phi) is 5.53. The SMILES string of the molecule is CC(C)(C)N(C(=O)O)C(NC(=O)O)(N1CCNCC1)C(C)(C)C. The molecule has 134 valence electrons. The summed E-state index contributed by atoms with van der Waals surface area (Å²) >= 11 is 0. The minimum atomic E-state index is -1.37. The standard InChI is InChI=1S/C15H30N4O4/c1-13(2,3)15(17-11(20)21,18-9-7-16-8-10-18)19(12(22)23)14(4,5)6/h16-17H,7-10H2,1-6H3,(H,20,21)(H,22,23). The average Bonchev–Trinajstić information content (AvgIpc) is 2.34. The fourth-order valence-electron chi connectivity index (χ4n) is 3.32. The third kappa shape index (κ3) is 3.87. The van der Waals surface area contributed by atoms with Gasteiger partial charge in [0.1, 0.15) is 0 Å². The van der Waals surface area contributed by atoms with Crippen LogP contribution >= 0.6 is 0 Å². The van der Waals surface area contributed by atoms with E-state index in [1.165, 1.54) is 4.90 Å². The summed E-state index contributed by atoms with van der Waals surface area (Å²) in [5, 5.41) is 25.1. The lowest BCUT2D eigenvalue weighted by atomic mass is 9.81. The second-order valence-corrected chi connectivity index (χ2v) is 7.88. The van der Waals surface area contributed by atoms with Gasteiger partial charge in [-0.1, -0.05) is 20.8 Å². The third-order valence-electron chi connectivity index (χ3n) is 4.09. The third-order valence-corrected chi connectivity index (χ3v) is 4.09. The average molecular weight is 330 g/mol. The van der Waals surface area contributed by atoms with Crippen LogP contribution in [0.4, 0.5) is 9.59 Å². The molecule has 1 aliphatic rings. The molecule has 0 spiro atoms. The molecule has 23 heavy (non-hydrogen) atoms. The molecule has 1 fully saturated rings. The summed E-state index contributed by atoms with van der Waals surface area (Å²) in [6.07, 6.45) is -2.39. The highest BCUT2D eigenvalue weighted by Gasteiger charge is 2.57. The lowest BCUT2D eigenvalue weighted by Gasteiger charge is -2.60. The van der Waals surface area contributed by atoms with E-state index in [1.54, 1.807) is 20.8 Å². The minimum absolute atomic E-state index is 0.553. The first-order valence-corrected chi connectivity index (χ1v) is 7.84. The van der Waals surface area contributed by atoms with Crippen LogP contribution in [0.1, 0.15) is 41.5 Å². The van der Waals surface area contributed by atoms with E-state index in [0.29, 0.717) is 26.2 Å². The van der Waals surface area contributed by atoms with E-state index in [4.69, 9.17) is 0 Å². The van der Waals surface area contributed by atoms with Crippen LogP contribution < -0.4 is 10.6 Å². The van der Waals surface area contributed by atoms with Crippen molar-refractivity contribution >= 4 is 12.2 Å². The molecule has 0 aromatic heterocycles. The summed E-state index contributed by atoms with van der Waals surface area (Å²) in [7, 11) is 0. The van der Waals surface area contributed by atoms with Crippen molar-refractivity contribution in [3.8, 4) is 0 Å². The maximum atomic E-state index is 12.1. The molecule has 0 aliphatic carbocycles. The molecule has 1 saturated heterocycles. The fourth-order valence-corrected chi connectivity index (χ4v) is 3.32. The number of carboxylic acid groups (broad SMARTS) is 2. The predicted octanol–water partition coefficient (Wildman–Crippen LogP) is 1.64. The topological polar surface area (TPSA) is 105 Å². The lowest BCUT2D eigenvalue weighted by Crippen LogP contribution is -2.80. The summed E-state index contributed by atoms with van der Waals surface area (Å²) in [5.41, 5.74) is -1.47. The largest absolute Gasteiger partial charge is 0.465 e. The number of hydrogen-bond acceptors (Lipinski definition) is 4. The van der Waals surface area contributed by atoms with Gasteiger partial charge in [-0.3, -0.25) is 15.1 Å². The fraction of sp³-hybridized carbons (Fsp3) is 0.867. The van der Waals surface area contributed by atoms with Gasteiger partial charge in [-0.05, 0) is 20.8 Å². The van der Waals surface area contributed by atoms with Gasteiger partial charge in [-0.25, -0.2) is 9.59 Å². The van der Waals surface area contributed by atoms with Crippen LogP contribution in [0.5, 0.6) is 0 Å². The van der Waals surface area contributed by atoms with Gasteiger partial charge in [0.15, 0.2) is 5.79 Å². The second-order valence-electron chi connectivity index (χ2n) is 7.88. The summed E-state index contributed by atoms with van der Waals surface area (Å²) in [6, 6.07) is 0. The molecule has 8 heteroatoms. The molecule has 1 heterocycles. The Morgan fingerprint density at radius 3 is 1.83 bits per heavy atom. The molecule has 1 rings (SSSR count). The first-order chi connectivity index (χ1) is 10.3. The van der Waals surface area contributed by atoms with Crippen LogP contribution in [-0.4, -0.2) is 69.7 Å². The second kappa shape index (κ2) is 6.52. The Morgan fingerprint density at radius 1 is 1.04 bits per heavy atom. The van der Waals surface area contributed by atoms with Crippen molar-refractivity contribution in [1.29, 1.82) is 0 Å². The van der Waals surface area contributed by atoms with Gasteiger partial charge in [0, 0.05) is 37.1 Å². The molecule has 1 atom stereocenters. The van der Waals surface area contributed by atoms with Gasteiger partial charge < -0.3 is 15.5 Å². The first kappa shape index (κ1) is 19.5. The number of hydrogen-bond donors (Lipinski definition) is 4. The normalized spacial score (nSPS) is 19.7. The van der Waals surface area contributed by atoms with Crippen molar-refractivity contribution < 1.29 is 19.8 Å². The van der Waals surface area contributed by atoms with Crippen LogP contribution in [0.25, 0.3) is 0 Å². The number of piperazine rings is 1. The van der Waals surface area contributed by atoms with Crippen LogP contribution in [0, 0.1) is 5.41 Å². The maximum absolute atomic E-state index is 12.1. The summed E-state index contributed by atoms with van der Waals surface area (Å²) in [4.78, 5) is 26.8. The Labute approximate surface area is 137 Å². The maximum Gasteiger partial charge on any atom is 0.410 e. The zero-order valence-corrected chi connectivity index (χ0v) is 14.9. The molecule has 0 saturated carbocycles. The summed E-state index contributed by atoms with van der Waals surface area (Å²) < 4.78 is 0. The highest BCUT2D eigenvalue weighted by molar-refractivity contribution is 5.71. The van der Waals surface area contributed by atoms with E-state index >= 15 is 0 Å². The van der Waals surface area contributed by atoms with E-state index in [0.717, 1.165) is 0 Å². The quantitative estimate of drug-likeness (QED) is 0.586. The Morgan fingerprint density at radius 2 is 1.52 bits per heavy atom. The van der Waals surface area contributed by atoms with Crippen molar-refractivity contribution in [2.75, 3.05) is 26.2 Å². The van der Waals surface area contributed by atoms with E-state index in [1.807, 2.05) is 25.7 Å². The van der Waals surface area contributed by atoms with E-state index in [2.05, 4.69) is 10.6 Å². The number of carbonyl (C=O) groups is 2. The summed E-state index contributed by atoms with van der Waals surface area (Å²) in [6.45, 7) is 13.3. The molecule has 0 aromatic carbocycles. The molecule has 4 N–H and O–H groups in total. The predicted molar refractivity (Wildman–Crippen MR) is 87.4 cm³/mol. The molecular formula is C15H30N4O4. The smallest absolute Gasteiger partial charge is 0.410 e. The van der Waals surface area contributed by atoms with Crippen molar-refractivity contribution in [3.63, 3.8) is 0 Å². The molecule has 0 aromatic rings. The zero-order chi connectivity index (χ0) is 18.1. The van der Waals surface area contributed by atoms with Gasteiger partial charge in [0.25, 0.3) is 0 Å². The molecule has 0 radical (unpaired) electrons. The molecule has 1 aliphatic heterocycles. The number of rotatable bonds is 3. The van der Waals surface area contributed by atoms with Gasteiger partial charge in [-0.15, -0.1) is 0 Å².